The number of carbonyl (C=O) groups excluding carboxylic acids is 1. The second kappa shape index (κ2) is 6.84. The van der Waals surface area contributed by atoms with E-state index in [1.165, 1.54) is 0 Å². The van der Waals surface area contributed by atoms with Crippen molar-refractivity contribution in [2.45, 2.75) is 25.3 Å². The van der Waals surface area contributed by atoms with E-state index in [0.717, 1.165) is 25.8 Å². The van der Waals surface area contributed by atoms with E-state index in [1.54, 1.807) is 32.4 Å². The van der Waals surface area contributed by atoms with E-state index in [4.69, 9.17) is 21.1 Å². The van der Waals surface area contributed by atoms with Crippen molar-refractivity contribution in [2.24, 2.45) is 0 Å². The zero-order chi connectivity index (χ0) is 14.5. The van der Waals surface area contributed by atoms with Gasteiger partial charge in [0.25, 0.3) is 5.91 Å². The van der Waals surface area contributed by atoms with E-state index in [2.05, 4.69) is 0 Å². The molecule has 0 aliphatic carbocycles. The molecule has 0 aromatic heterocycles. The van der Waals surface area contributed by atoms with Crippen LogP contribution in [-0.4, -0.2) is 43.5 Å². The van der Waals surface area contributed by atoms with Crippen LogP contribution in [0.2, 0.25) is 0 Å². The molecule has 1 heterocycles. The third kappa shape index (κ3) is 2.85. The van der Waals surface area contributed by atoms with Crippen LogP contribution in [-0.2, 0) is 0 Å². The summed E-state index contributed by atoms with van der Waals surface area (Å²) in [6, 6.07) is 5.46. The number of para-hydroxylation sites is 1. The molecule has 1 amide bonds. The Morgan fingerprint density at radius 3 is 2.80 bits per heavy atom. The van der Waals surface area contributed by atoms with E-state index in [-0.39, 0.29) is 11.9 Å². The predicted octanol–water partition coefficient (Wildman–Crippen LogP) is 2.94. The van der Waals surface area contributed by atoms with Crippen LogP contribution in [0.3, 0.4) is 0 Å². The molecular formula is C15H20ClNO3. The Kier molecular flexibility index (Phi) is 5.12. The molecule has 0 spiro atoms. The van der Waals surface area contributed by atoms with Crippen molar-refractivity contribution in [3.8, 4) is 11.5 Å². The van der Waals surface area contributed by atoms with Crippen LogP contribution < -0.4 is 9.47 Å². The second-order valence-electron chi connectivity index (χ2n) is 4.84. The summed E-state index contributed by atoms with van der Waals surface area (Å²) in [5, 5.41) is 0. The fraction of sp³-hybridized carbons (Fsp3) is 0.533. The normalized spacial score (nSPS) is 18.8. The van der Waals surface area contributed by atoms with Gasteiger partial charge in [-0.25, -0.2) is 0 Å². The van der Waals surface area contributed by atoms with Gasteiger partial charge in [-0.15, -0.1) is 11.6 Å². The van der Waals surface area contributed by atoms with Gasteiger partial charge in [-0.1, -0.05) is 6.07 Å². The number of rotatable bonds is 4. The van der Waals surface area contributed by atoms with Crippen LogP contribution in [0.15, 0.2) is 18.2 Å². The van der Waals surface area contributed by atoms with Crippen LogP contribution in [0.1, 0.15) is 29.6 Å². The molecule has 0 radical (unpaired) electrons. The number of likely N-dealkylation sites (tertiary alicyclic amines) is 1. The highest BCUT2D eigenvalue weighted by Crippen LogP contribution is 2.32. The number of carbonyl (C=O) groups is 1. The number of amides is 1. The maximum absolute atomic E-state index is 12.7. The quantitative estimate of drug-likeness (QED) is 0.802. The van der Waals surface area contributed by atoms with Crippen molar-refractivity contribution in [1.29, 1.82) is 0 Å². The van der Waals surface area contributed by atoms with Gasteiger partial charge in [0.2, 0.25) is 0 Å². The minimum absolute atomic E-state index is 0.0360. The standard InChI is InChI=1S/C15H20ClNO3/c1-19-13-8-5-7-12(14(13)20-2)15(18)17-9-4-3-6-11(17)10-16/h5,7-8,11H,3-4,6,9-10H2,1-2H3. The minimum Gasteiger partial charge on any atom is -0.493 e. The lowest BCUT2D eigenvalue weighted by atomic mass is 10.0. The molecule has 1 aromatic carbocycles. The van der Waals surface area contributed by atoms with Gasteiger partial charge in [-0.2, -0.15) is 0 Å². The van der Waals surface area contributed by atoms with Gasteiger partial charge in [0, 0.05) is 18.5 Å². The van der Waals surface area contributed by atoms with Gasteiger partial charge in [-0.05, 0) is 31.4 Å². The summed E-state index contributed by atoms with van der Waals surface area (Å²) in [4.78, 5) is 14.6. The lowest BCUT2D eigenvalue weighted by molar-refractivity contribution is 0.0635. The molecule has 4 nitrogen and oxygen atoms in total. The number of piperidine rings is 1. The van der Waals surface area contributed by atoms with E-state index in [1.807, 2.05) is 4.90 Å². The number of benzene rings is 1. The Morgan fingerprint density at radius 1 is 1.35 bits per heavy atom. The van der Waals surface area contributed by atoms with Crippen LogP contribution in [0.5, 0.6) is 11.5 Å². The molecule has 1 aliphatic rings. The topological polar surface area (TPSA) is 38.8 Å². The molecule has 1 aromatic rings. The number of ether oxygens (including phenoxy) is 2. The first-order valence-electron chi connectivity index (χ1n) is 6.80. The first kappa shape index (κ1) is 15.0. The van der Waals surface area contributed by atoms with Gasteiger partial charge < -0.3 is 14.4 Å². The number of hydrogen-bond donors (Lipinski definition) is 0. The smallest absolute Gasteiger partial charge is 0.258 e. The Hall–Kier alpha value is -1.42. The van der Waals surface area contributed by atoms with Gasteiger partial charge in [0.05, 0.1) is 19.8 Å². The minimum atomic E-state index is -0.0360. The van der Waals surface area contributed by atoms with Crippen molar-refractivity contribution >= 4 is 17.5 Å². The van der Waals surface area contributed by atoms with Gasteiger partial charge >= 0.3 is 0 Å². The SMILES string of the molecule is COc1cccc(C(=O)N2CCCCC2CCl)c1OC. The van der Waals surface area contributed by atoms with Crippen molar-refractivity contribution in [3.63, 3.8) is 0 Å². The largest absolute Gasteiger partial charge is 0.493 e. The summed E-state index contributed by atoms with van der Waals surface area (Å²) in [5.74, 6) is 1.49. The average molecular weight is 298 g/mol. The van der Waals surface area contributed by atoms with Crippen LogP contribution in [0.4, 0.5) is 0 Å². The summed E-state index contributed by atoms with van der Waals surface area (Å²) in [6.45, 7) is 0.747. The van der Waals surface area contributed by atoms with Gasteiger partial charge in [-0.3, -0.25) is 4.79 Å². The first-order chi connectivity index (χ1) is 9.72. The molecule has 2 rings (SSSR count). The number of nitrogens with zero attached hydrogens (tertiary/aromatic N) is 1. The third-order valence-electron chi connectivity index (χ3n) is 3.70. The van der Waals surface area contributed by atoms with Crippen LogP contribution in [0.25, 0.3) is 0 Å². The predicted molar refractivity (Wildman–Crippen MR) is 78.9 cm³/mol. The molecule has 0 saturated carbocycles. The lowest BCUT2D eigenvalue weighted by Crippen LogP contribution is -2.44. The molecule has 1 atom stereocenters. The molecule has 5 heteroatoms. The number of alkyl halides is 1. The second-order valence-corrected chi connectivity index (χ2v) is 5.15. The van der Waals surface area contributed by atoms with E-state index in [9.17, 15) is 4.79 Å². The Balaban J connectivity index is 2.32. The van der Waals surface area contributed by atoms with Gasteiger partial charge in [0.1, 0.15) is 0 Å². The third-order valence-corrected chi connectivity index (χ3v) is 4.06. The zero-order valence-corrected chi connectivity index (χ0v) is 12.7. The van der Waals surface area contributed by atoms with E-state index in [0.29, 0.717) is 22.9 Å². The lowest BCUT2D eigenvalue weighted by Gasteiger charge is -2.35. The van der Waals surface area contributed by atoms with E-state index >= 15 is 0 Å². The highest BCUT2D eigenvalue weighted by molar-refractivity contribution is 6.18. The molecule has 1 saturated heterocycles. The zero-order valence-electron chi connectivity index (χ0n) is 11.9. The Labute approximate surface area is 124 Å². The molecule has 1 fully saturated rings. The summed E-state index contributed by atoms with van der Waals surface area (Å²) in [5.41, 5.74) is 0.531. The van der Waals surface area contributed by atoms with Crippen molar-refractivity contribution in [3.05, 3.63) is 23.8 Å². The fourth-order valence-electron chi connectivity index (χ4n) is 2.64. The van der Waals surface area contributed by atoms with Crippen molar-refractivity contribution < 1.29 is 14.3 Å². The molecule has 20 heavy (non-hydrogen) atoms. The van der Waals surface area contributed by atoms with Crippen molar-refractivity contribution in [2.75, 3.05) is 26.6 Å². The molecule has 110 valence electrons. The molecule has 1 unspecified atom stereocenters. The summed E-state index contributed by atoms with van der Waals surface area (Å²) in [6.07, 6.45) is 3.10. The number of methoxy groups -OCH3 is 2. The molecular weight excluding hydrogens is 278 g/mol. The van der Waals surface area contributed by atoms with Gasteiger partial charge in [0.15, 0.2) is 11.5 Å². The number of halogens is 1. The number of hydrogen-bond acceptors (Lipinski definition) is 3. The maximum Gasteiger partial charge on any atom is 0.258 e. The van der Waals surface area contributed by atoms with Crippen molar-refractivity contribution in [1.82, 2.24) is 4.90 Å². The van der Waals surface area contributed by atoms with E-state index < -0.39 is 0 Å². The molecule has 0 bridgehead atoms. The summed E-state index contributed by atoms with van der Waals surface area (Å²) < 4.78 is 10.6. The molecule has 1 aliphatic heterocycles. The first-order valence-corrected chi connectivity index (χ1v) is 7.34. The highest BCUT2D eigenvalue weighted by Gasteiger charge is 2.29. The Bertz CT molecular complexity index is 478. The monoisotopic (exact) mass is 297 g/mol. The summed E-state index contributed by atoms with van der Waals surface area (Å²) in [7, 11) is 3.11. The van der Waals surface area contributed by atoms with Crippen LogP contribution in [0, 0.1) is 0 Å². The average Bonchev–Trinajstić information content (AvgIpc) is 2.53. The molecule has 0 N–H and O–H groups in total. The summed E-state index contributed by atoms with van der Waals surface area (Å²) >= 11 is 5.99. The Morgan fingerprint density at radius 2 is 2.15 bits per heavy atom. The fourth-order valence-corrected chi connectivity index (χ4v) is 2.96. The maximum atomic E-state index is 12.7. The highest BCUT2D eigenvalue weighted by atomic mass is 35.5. The van der Waals surface area contributed by atoms with Crippen LogP contribution >= 0.6 is 11.6 Å².